The summed E-state index contributed by atoms with van der Waals surface area (Å²) in [4.78, 5) is 3.75. The monoisotopic (exact) mass is 444 g/mol. The van der Waals surface area contributed by atoms with Crippen LogP contribution >= 0.6 is 0 Å². The van der Waals surface area contributed by atoms with Crippen molar-refractivity contribution in [3.8, 4) is 0 Å². The Morgan fingerprint density at radius 2 is 0.706 bits per heavy atom. The fourth-order valence-corrected chi connectivity index (χ4v) is 4.50. The number of nitrogens with zero attached hydrogens (tertiary/aromatic N) is 6. The molecule has 166 valence electrons. The Morgan fingerprint density at radius 3 is 1.03 bits per heavy atom. The molecule has 0 N–H and O–H groups in total. The van der Waals surface area contributed by atoms with Crippen LogP contribution in [0.2, 0.25) is 0 Å². The lowest BCUT2D eigenvalue weighted by Gasteiger charge is -2.26. The van der Waals surface area contributed by atoms with E-state index in [-0.39, 0.29) is 12.1 Å². The summed E-state index contributed by atoms with van der Waals surface area (Å²) < 4.78 is 0. The van der Waals surface area contributed by atoms with E-state index in [1.54, 1.807) is 0 Å². The second kappa shape index (κ2) is 8.90. The second-order valence-electron chi connectivity index (χ2n) is 8.53. The van der Waals surface area contributed by atoms with Gasteiger partial charge in [-0.1, -0.05) is 84.9 Å². The molecule has 6 heteroatoms. The van der Waals surface area contributed by atoms with Crippen molar-refractivity contribution < 1.29 is 0 Å². The van der Waals surface area contributed by atoms with Crippen molar-refractivity contribution in [2.24, 2.45) is 0 Å². The van der Waals surface area contributed by atoms with Crippen molar-refractivity contribution in [3.63, 3.8) is 0 Å². The van der Waals surface area contributed by atoms with Crippen molar-refractivity contribution in [1.82, 2.24) is 30.0 Å². The zero-order valence-electron chi connectivity index (χ0n) is 18.6. The summed E-state index contributed by atoms with van der Waals surface area (Å²) in [5.74, 6) is 0. The lowest BCUT2D eigenvalue weighted by molar-refractivity contribution is 0.241. The maximum atomic E-state index is 4.89. The van der Waals surface area contributed by atoms with Crippen molar-refractivity contribution in [2.75, 3.05) is 0 Å². The molecule has 4 aromatic carbocycles. The van der Waals surface area contributed by atoms with Crippen LogP contribution in [0.15, 0.2) is 109 Å². The molecule has 0 spiro atoms. The molecular formula is C28H24N6. The number of benzene rings is 4. The molecule has 34 heavy (non-hydrogen) atoms. The highest BCUT2D eigenvalue weighted by Gasteiger charge is 2.30. The predicted molar refractivity (Wildman–Crippen MR) is 133 cm³/mol. The summed E-state index contributed by atoms with van der Waals surface area (Å²) in [5, 5.41) is 19.6. The molecule has 0 fully saturated rings. The Bertz CT molecular complexity index is 1340. The van der Waals surface area contributed by atoms with Gasteiger partial charge in [0, 0.05) is 0 Å². The predicted octanol–water partition coefficient (Wildman–Crippen LogP) is 5.44. The fourth-order valence-electron chi connectivity index (χ4n) is 4.50. The minimum Gasteiger partial charge on any atom is -0.178 e. The quantitative estimate of drug-likeness (QED) is 0.329. The van der Waals surface area contributed by atoms with Gasteiger partial charge < -0.3 is 0 Å². The number of hydrogen-bond donors (Lipinski definition) is 0. The molecule has 6 nitrogen and oxygen atoms in total. The SMILES string of the molecule is c1ccc(C[C@H]([C@H](Cc2ccccc2)n2nc3ccccc3n2)n2nc3ccccc3n2)cc1. The Kier molecular flexibility index (Phi) is 5.32. The van der Waals surface area contributed by atoms with Crippen molar-refractivity contribution >= 4 is 22.1 Å². The first-order chi connectivity index (χ1) is 16.8. The molecule has 0 unspecified atom stereocenters. The summed E-state index contributed by atoms with van der Waals surface area (Å²) >= 11 is 0. The topological polar surface area (TPSA) is 61.4 Å². The Labute approximate surface area is 197 Å². The molecule has 0 saturated heterocycles. The number of rotatable bonds is 7. The first kappa shape index (κ1) is 20.3. The highest BCUT2D eigenvalue weighted by Crippen LogP contribution is 2.30. The average molecular weight is 445 g/mol. The van der Waals surface area contributed by atoms with Crippen LogP contribution < -0.4 is 0 Å². The summed E-state index contributed by atoms with van der Waals surface area (Å²) in [7, 11) is 0. The Hall–Kier alpha value is -4.32. The van der Waals surface area contributed by atoms with Crippen LogP contribution in [0.25, 0.3) is 22.1 Å². The van der Waals surface area contributed by atoms with Crippen LogP contribution in [-0.4, -0.2) is 30.0 Å². The van der Waals surface area contributed by atoms with Crippen LogP contribution in [0, 0.1) is 0 Å². The van der Waals surface area contributed by atoms with Gasteiger partial charge in [0.2, 0.25) is 0 Å². The van der Waals surface area contributed by atoms with E-state index in [0.29, 0.717) is 0 Å². The van der Waals surface area contributed by atoms with Gasteiger partial charge in [-0.2, -0.15) is 30.0 Å². The van der Waals surface area contributed by atoms with Gasteiger partial charge >= 0.3 is 0 Å². The minimum absolute atomic E-state index is 0.0863. The molecule has 0 radical (unpaired) electrons. The molecule has 2 atom stereocenters. The number of aromatic nitrogens is 6. The van der Waals surface area contributed by atoms with E-state index in [2.05, 4.69) is 48.5 Å². The second-order valence-corrected chi connectivity index (χ2v) is 8.53. The van der Waals surface area contributed by atoms with Crippen LogP contribution in [0.4, 0.5) is 0 Å². The minimum atomic E-state index is -0.0863. The fraction of sp³-hybridized carbons (Fsp3) is 0.143. The first-order valence-corrected chi connectivity index (χ1v) is 11.5. The van der Waals surface area contributed by atoms with Gasteiger partial charge in [-0.15, -0.1) is 0 Å². The van der Waals surface area contributed by atoms with Crippen LogP contribution in [0.5, 0.6) is 0 Å². The zero-order valence-corrected chi connectivity index (χ0v) is 18.6. The molecule has 2 aromatic heterocycles. The van der Waals surface area contributed by atoms with Gasteiger partial charge in [-0.25, -0.2) is 0 Å². The molecule has 2 heterocycles. The third kappa shape index (κ3) is 4.06. The summed E-state index contributed by atoms with van der Waals surface area (Å²) in [5.41, 5.74) is 6.00. The Morgan fingerprint density at radius 1 is 0.412 bits per heavy atom. The molecule has 6 aromatic rings. The molecule has 0 bridgehead atoms. The van der Waals surface area contributed by atoms with Gasteiger partial charge in [0.05, 0.1) is 0 Å². The van der Waals surface area contributed by atoms with E-state index >= 15 is 0 Å². The molecule has 0 aliphatic rings. The molecule has 0 saturated carbocycles. The maximum Gasteiger partial charge on any atom is 0.113 e. The standard InChI is InChI=1S/C28H24N6/c1-3-11-21(12-4-1)19-27(33-29-23-15-7-8-16-24(23)30-33)28(20-22-13-5-2-6-14-22)34-31-25-17-9-10-18-26(25)32-34/h1-18,27-28H,19-20H2/t27-,28+. The largest absolute Gasteiger partial charge is 0.178 e. The van der Waals surface area contributed by atoms with E-state index in [1.165, 1.54) is 11.1 Å². The van der Waals surface area contributed by atoms with Gasteiger partial charge in [-0.05, 0) is 48.2 Å². The van der Waals surface area contributed by atoms with Gasteiger partial charge in [0.15, 0.2) is 0 Å². The van der Waals surface area contributed by atoms with Crippen LogP contribution in [-0.2, 0) is 12.8 Å². The summed E-state index contributed by atoms with van der Waals surface area (Å²) in [6, 6.07) is 36.8. The molecule has 0 aliphatic heterocycles. The lowest BCUT2D eigenvalue weighted by atomic mass is 9.95. The molecule has 0 aliphatic carbocycles. The van der Waals surface area contributed by atoms with Gasteiger partial charge in [-0.3, -0.25) is 0 Å². The smallest absolute Gasteiger partial charge is 0.113 e. The van der Waals surface area contributed by atoms with E-state index < -0.39 is 0 Å². The van der Waals surface area contributed by atoms with Crippen molar-refractivity contribution in [2.45, 2.75) is 24.9 Å². The summed E-state index contributed by atoms with van der Waals surface area (Å²) in [6.45, 7) is 0. The van der Waals surface area contributed by atoms with E-state index in [1.807, 2.05) is 70.3 Å². The normalized spacial score (nSPS) is 13.3. The zero-order chi connectivity index (χ0) is 22.7. The Balaban J connectivity index is 1.50. The number of fused-ring (bicyclic) bond motifs is 2. The third-order valence-electron chi connectivity index (χ3n) is 6.22. The summed E-state index contributed by atoms with van der Waals surface area (Å²) in [6.07, 6.45) is 1.52. The van der Waals surface area contributed by atoms with E-state index in [9.17, 15) is 0 Å². The van der Waals surface area contributed by atoms with E-state index in [0.717, 1.165) is 34.9 Å². The third-order valence-corrected chi connectivity index (χ3v) is 6.22. The van der Waals surface area contributed by atoms with Gasteiger partial charge in [0.25, 0.3) is 0 Å². The van der Waals surface area contributed by atoms with Crippen LogP contribution in [0.1, 0.15) is 23.2 Å². The lowest BCUT2D eigenvalue weighted by Crippen LogP contribution is -2.30. The average Bonchev–Trinajstić information content (AvgIpc) is 3.51. The van der Waals surface area contributed by atoms with Gasteiger partial charge in [0.1, 0.15) is 34.2 Å². The van der Waals surface area contributed by atoms with E-state index in [4.69, 9.17) is 20.4 Å². The van der Waals surface area contributed by atoms with Crippen LogP contribution in [0.3, 0.4) is 0 Å². The maximum absolute atomic E-state index is 4.89. The molecule has 6 rings (SSSR count). The first-order valence-electron chi connectivity index (χ1n) is 11.5. The molecular weight excluding hydrogens is 420 g/mol. The highest BCUT2D eigenvalue weighted by molar-refractivity contribution is 5.73. The molecule has 0 amide bonds. The van der Waals surface area contributed by atoms with Crippen molar-refractivity contribution in [1.29, 1.82) is 0 Å². The van der Waals surface area contributed by atoms with Crippen molar-refractivity contribution in [3.05, 3.63) is 120 Å². The highest BCUT2D eigenvalue weighted by atomic mass is 15.5. The number of hydrogen-bond acceptors (Lipinski definition) is 4.